The zero-order chi connectivity index (χ0) is 15.5. The summed E-state index contributed by atoms with van der Waals surface area (Å²) in [4.78, 5) is 15.6. The third-order valence-electron chi connectivity index (χ3n) is 3.57. The largest absolute Gasteiger partial charge is 0.465 e. The van der Waals surface area contributed by atoms with Crippen LogP contribution in [-0.2, 0) is 4.74 Å². The van der Waals surface area contributed by atoms with Crippen molar-refractivity contribution in [3.05, 3.63) is 65.5 Å². The van der Waals surface area contributed by atoms with Gasteiger partial charge in [-0.15, -0.1) is 0 Å². The zero-order valence-electron chi connectivity index (χ0n) is 13.0. The van der Waals surface area contributed by atoms with Crippen LogP contribution in [0.1, 0.15) is 48.2 Å². The van der Waals surface area contributed by atoms with Crippen LogP contribution >= 0.6 is 0 Å². The third-order valence-corrected chi connectivity index (χ3v) is 3.57. The van der Waals surface area contributed by atoms with Gasteiger partial charge in [-0.1, -0.05) is 32.9 Å². The standard InChI is InChI=1S/C18H21NO2/c1-18(2,3)16(14-9-11-19-12-10-14)13-5-7-15(8-6-13)17(20)21-4/h5-12,16H,1-4H3. The van der Waals surface area contributed by atoms with E-state index in [4.69, 9.17) is 4.74 Å². The summed E-state index contributed by atoms with van der Waals surface area (Å²) in [5, 5.41) is 0. The molecule has 0 aliphatic heterocycles. The highest BCUT2D eigenvalue weighted by molar-refractivity contribution is 5.89. The third kappa shape index (κ3) is 3.48. The van der Waals surface area contributed by atoms with Crippen LogP contribution in [0.4, 0.5) is 0 Å². The Morgan fingerprint density at radius 3 is 2.00 bits per heavy atom. The molecule has 21 heavy (non-hydrogen) atoms. The lowest BCUT2D eigenvalue weighted by Crippen LogP contribution is -2.19. The molecule has 1 aromatic carbocycles. The summed E-state index contributed by atoms with van der Waals surface area (Å²) in [5.41, 5.74) is 3.04. The van der Waals surface area contributed by atoms with Gasteiger partial charge >= 0.3 is 5.97 Å². The Labute approximate surface area is 126 Å². The van der Waals surface area contributed by atoms with Crippen molar-refractivity contribution in [2.24, 2.45) is 5.41 Å². The summed E-state index contributed by atoms with van der Waals surface area (Å²) in [6.45, 7) is 6.64. The molecule has 0 aliphatic carbocycles. The van der Waals surface area contributed by atoms with Gasteiger partial charge in [0.2, 0.25) is 0 Å². The summed E-state index contributed by atoms with van der Waals surface area (Å²) in [6, 6.07) is 11.7. The highest BCUT2D eigenvalue weighted by Crippen LogP contribution is 2.40. The molecule has 2 aromatic rings. The summed E-state index contributed by atoms with van der Waals surface area (Å²) in [5.74, 6) is -0.0648. The average Bonchev–Trinajstić information content (AvgIpc) is 2.47. The summed E-state index contributed by atoms with van der Waals surface area (Å²) < 4.78 is 4.74. The van der Waals surface area contributed by atoms with Gasteiger partial charge in [-0.05, 0) is 40.8 Å². The number of pyridine rings is 1. The fraction of sp³-hybridized carbons (Fsp3) is 0.333. The first-order chi connectivity index (χ1) is 9.93. The molecule has 0 N–H and O–H groups in total. The van der Waals surface area contributed by atoms with Crippen molar-refractivity contribution < 1.29 is 9.53 Å². The molecule has 1 unspecified atom stereocenters. The zero-order valence-corrected chi connectivity index (χ0v) is 13.0. The van der Waals surface area contributed by atoms with Crippen LogP contribution in [0.2, 0.25) is 0 Å². The van der Waals surface area contributed by atoms with Gasteiger partial charge in [0.25, 0.3) is 0 Å². The van der Waals surface area contributed by atoms with Crippen molar-refractivity contribution in [2.45, 2.75) is 26.7 Å². The van der Waals surface area contributed by atoms with E-state index in [0.717, 1.165) is 0 Å². The van der Waals surface area contributed by atoms with Gasteiger partial charge in [-0.25, -0.2) is 4.79 Å². The van der Waals surface area contributed by atoms with Gasteiger partial charge < -0.3 is 4.74 Å². The Bertz CT molecular complexity index is 597. The lowest BCUT2D eigenvalue weighted by atomic mass is 9.73. The molecule has 1 heterocycles. The van der Waals surface area contributed by atoms with Crippen molar-refractivity contribution in [2.75, 3.05) is 7.11 Å². The monoisotopic (exact) mass is 283 g/mol. The van der Waals surface area contributed by atoms with Gasteiger partial charge in [-0.2, -0.15) is 0 Å². The molecule has 1 atom stereocenters. The maximum atomic E-state index is 11.5. The van der Waals surface area contributed by atoms with E-state index in [9.17, 15) is 4.79 Å². The minimum absolute atomic E-state index is 0.0636. The van der Waals surface area contributed by atoms with E-state index in [1.54, 1.807) is 0 Å². The number of benzene rings is 1. The number of hydrogen-bond donors (Lipinski definition) is 0. The summed E-state index contributed by atoms with van der Waals surface area (Å²) >= 11 is 0. The number of nitrogens with zero attached hydrogens (tertiary/aromatic N) is 1. The Morgan fingerprint density at radius 1 is 1.00 bits per heavy atom. The first-order valence-electron chi connectivity index (χ1n) is 7.01. The van der Waals surface area contributed by atoms with Crippen LogP contribution in [0.5, 0.6) is 0 Å². The Hall–Kier alpha value is -2.16. The second kappa shape index (κ2) is 6.08. The SMILES string of the molecule is COC(=O)c1ccc(C(c2ccncc2)C(C)(C)C)cc1. The molecule has 1 aromatic heterocycles. The van der Waals surface area contributed by atoms with Crippen LogP contribution in [0, 0.1) is 5.41 Å². The molecule has 0 spiro atoms. The smallest absolute Gasteiger partial charge is 0.337 e. The van der Waals surface area contributed by atoms with Crippen molar-refractivity contribution in [1.29, 1.82) is 0 Å². The fourth-order valence-corrected chi connectivity index (χ4v) is 2.68. The van der Waals surface area contributed by atoms with Crippen LogP contribution < -0.4 is 0 Å². The van der Waals surface area contributed by atoms with Crippen LogP contribution in [-0.4, -0.2) is 18.1 Å². The molecular weight excluding hydrogens is 262 g/mol. The van der Waals surface area contributed by atoms with E-state index >= 15 is 0 Å². The van der Waals surface area contributed by atoms with Crippen molar-refractivity contribution in [3.8, 4) is 0 Å². The number of hydrogen-bond acceptors (Lipinski definition) is 3. The normalized spacial score (nSPS) is 12.8. The first kappa shape index (κ1) is 15.2. The van der Waals surface area contributed by atoms with E-state index in [-0.39, 0.29) is 17.3 Å². The number of aromatic nitrogens is 1. The van der Waals surface area contributed by atoms with Crippen molar-refractivity contribution >= 4 is 5.97 Å². The van der Waals surface area contributed by atoms with Crippen LogP contribution in [0.15, 0.2) is 48.8 Å². The number of rotatable bonds is 3. The molecular formula is C18H21NO2. The van der Waals surface area contributed by atoms with E-state index in [1.807, 2.05) is 48.8 Å². The minimum atomic E-state index is -0.308. The van der Waals surface area contributed by atoms with Crippen molar-refractivity contribution in [3.63, 3.8) is 0 Å². The van der Waals surface area contributed by atoms with Gasteiger partial charge in [0.1, 0.15) is 0 Å². The highest BCUT2D eigenvalue weighted by Gasteiger charge is 2.27. The Kier molecular flexibility index (Phi) is 4.41. The lowest BCUT2D eigenvalue weighted by Gasteiger charge is -2.31. The van der Waals surface area contributed by atoms with Gasteiger partial charge in [-0.3, -0.25) is 4.98 Å². The van der Waals surface area contributed by atoms with E-state index in [0.29, 0.717) is 5.56 Å². The number of carbonyl (C=O) groups excluding carboxylic acids is 1. The molecule has 0 radical (unpaired) electrons. The average molecular weight is 283 g/mol. The predicted octanol–water partition coefficient (Wildman–Crippen LogP) is 4.05. The van der Waals surface area contributed by atoms with Gasteiger partial charge in [0.15, 0.2) is 0 Å². The first-order valence-corrected chi connectivity index (χ1v) is 7.01. The number of methoxy groups -OCH3 is 1. The van der Waals surface area contributed by atoms with Gasteiger partial charge in [0, 0.05) is 18.3 Å². The molecule has 0 aliphatic rings. The summed E-state index contributed by atoms with van der Waals surface area (Å²) in [7, 11) is 1.39. The topological polar surface area (TPSA) is 39.2 Å². The second-order valence-electron chi connectivity index (χ2n) is 6.19. The van der Waals surface area contributed by atoms with E-state index in [2.05, 4.69) is 25.8 Å². The van der Waals surface area contributed by atoms with E-state index in [1.165, 1.54) is 18.2 Å². The maximum absolute atomic E-state index is 11.5. The molecule has 3 nitrogen and oxygen atoms in total. The van der Waals surface area contributed by atoms with E-state index < -0.39 is 0 Å². The fourth-order valence-electron chi connectivity index (χ4n) is 2.68. The molecule has 0 amide bonds. The lowest BCUT2D eigenvalue weighted by molar-refractivity contribution is 0.0600. The Morgan fingerprint density at radius 2 is 1.52 bits per heavy atom. The molecule has 0 fully saturated rings. The molecule has 3 heteroatoms. The molecule has 2 rings (SSSR count). The predicted molar refractivity (Wildman–Crippen MR) is 83.3 cm³/mol. The summed E-state index contributed by atoms with van der Waals surface area (Å²) in [6.07, 6.45) is 3.63. The maximum Gasteiger partial charge on any atom is 0.337 e. The Balaban J connectivity index is 2.41. The minimum Gasteiger partial charge on any atom is -0.465 e. The number of carbonyl (C=O) groups is 1. The molecule has 0 saturated heterocycles. The van der Waals surface area contributed by atoms with Crippen LogP contribution in [0.3, 0.4) is 0 Å². The highest BCUT2D eigenvalue weighted by atomic mass is 16.5. The molecule has 0 saturated carbocycles. The number of esters is 1. The quantitative estimate of drug-likeness (QED) is 0.798. The second-order valence-corrected chi connectivity index (χ2v) is 6.19. The van der Waals surface area contributed by atoms with Crippen molar-refractivity contribution in [1.82, 2.24) is 4.98 Å². The molecule has 0 bridgehead atoms. The number of ether oxygens (including phenoxy) is 1. The van der Waals surface area contributed by atoms with Crippen LogP contribution in [0.25, 0.3) is 0 Å². The van der Waals surface area contributed by atoms with Gasteiger partial charge in [0.05, 0.1) is 12.7 Å². The molecule has 110 valence electrons.